The van der Waals surface area contributed by atoms with Gasteiger partial charge in [-0.1, -0.05) is 51.9 Å². The lowest BCUT2D eigenvalue weighted by atomic mass is 10.1. The zero-order chi connectivity index (χ0) is 8.36. The molecule has 76 valence electrons. The molecule has 0 aliphatic rings. The summed E-state index contributed by atoms with van der Waals surface area (Å²) in [7, 11) is 0. The van der Waals surface area contributed by atoms with Crippen molar-refractivity contribution in [3.63, 3.8) is 0 Å². The van der Waals surface area contributed by atoms with Crippen LogP contribution in [0.1, 0.15) is 58.3 Å². The van der Waals surface area contributed by atoms with Crippen molar-refractivity contribution in [2.24, 2.45) is 0 Å². The molecule has 0 rings (SSSR count). The normalized spacial score (nSPS) is 9.50. The van der Waals surface area contributed by atoms with Gasteiger partial charge in [-0.05, 0) is 12.2 Å². The zero-order valence-electron chi connectivity index (χ0n) is 8.19. The average molecular weight is 210 g/mol. The van der Waals surface area contributed by atoms with Gasteiger partial charge >= 0.3 is 0 Å². The Hall–Kier alpha value is 0.640. The van der Waals surface area contributed by atoms with Crippen molar-refractivity contribution < 1.29 is 12.4 Å². The predicted molar refractivity (Wildman–Crippen MR) is 56.5 cm³/mol. The molecule has 0 heterocycles. The smallest absolute Gasteiger partial charge is 0.00979 e. The van der Waals surface area contributed by atoms with Gasteiger partial charge in [-0.2, -0.15) is 12.6 Å². The second kappa shape index (κ2) is 14.2. The maximum Gasteiger partial charge on any atom is -0.00979 e. The Balaban J connectivity index is 0. The molecule has 0 saturated heterocycles. The van der Waals surface area contributed by atoms with E-state index in [1.807, 2.05) is 0 Å². The molecule has 0 bridgehead atoms. The highest BCUT2D eigenvalue weighted by molar-refractivity contribution is 7.80. The largest absolute Gasteiger partial charge is 1.00 e. The Bertz CT molecular complexity index is 58.9. The van der Waals surface area contributed by atoms with Crippen molar-refractivity contribution in [1.29, 1.82) is 0 Å². The van der Waals surface area contributed by atoms with E-state index in [9.17, 15) is 0 Å². The van der Waals surface area contributed by atoms with Gasteiger partial charge < -0.3 is 12.4 Å². The third-order valence-electron chi connectivity index (χ3n) is 2.01. The van der Waals surface area contributed by atoms with E-state index in [4.69, 9.17) is 0 Å². The van der Waals surface area contributed by atoms with E-state index < -0.39 is 0 Å². The molecule has 0 unspecified atom stereocenters. The molecule has 0 aromatic heterocycles. The highest BCUT2D eigenvalue weighted by Crippen LogP contribution is 2.08. The van der Waals surface area contributed by atoms with Gasteiger partial charge in [0.2, 0.25) is 0 Å². The lowest BCUT2D eigenvalue weighted by Crippen LogP contribution is -3.00. The fourth-order valence-electron chi connectivity index (χ4n) is 1.25. The molecule has 0 nitrogen and oxygen atoms in total. The first-order chi connectivity index (χ1) is 5.41. The summed E-state index contributed by atoms with van der Waals surface area (Å²) in [6, 6.07) is 0. The minimum Gasteiger partial charge on any atom is -1.00 e. The highest BCUT2D eigenvalue weighted by Gasteiger charge is 1.89. The van der Waals surface area contributed by atoms with Gasteiger partial charge in [0, 0.05) is 0 Å². The Morgan fingerprint density at radius 3 is 1.58 bits per heavy atom. The standard InChI is InChI=1S/C10H22S.ClH/c1-2-3-4-5-6-7-8-9-10-11;/h11H,2-10H2,1H3;1H/p-1. The maximum atomic E-state index is 4.18. The summed E-state index contributed by atoms with van der Waals surface area (Å²) in [5.41, 5.74) is 0. The van der Waals surface area contributed by atoms with E-state index >= 15 is 0 Å². The monoisotopic (exact) mass is 209 g/mol. The summed E-state index contributed by atoms with van der Waals surface area (Å²) < 4.78 is 0. The van der Waals surface area contributed by atoms with Crippen LogP contribution < -0.4 is 12.4 Å². The topological polar surface area (TPSA) is 0 Å². The fraction of sp³-hybridized carbons (Fsp3) is 1.00. The molecule has 0 aliphatic carbocycles. The van der Waals surface area contributed by atoms with Crippen LogP contribution in [0.4, 0.5) is 0 Å². The molecule has 0 aromatic rings. The summed E-state index contributed by atoms with van der Waals surface area (Å²) in [6.45, 7) is 2.26. The Labute approximate surface area is 89.3 Å². The number of rotatable bonds is 8. The number of halogens is 1. The van der Waals surface area contributed by atoms with Crippen molar-refractivity contribution >= 4 is 12.6 Å². The fourth-order valence-corrected chi connectivity index (χ4v) is 1.47. The molecule has 2 heteroatoms. The van der Waals surface area contributed by atoms with E-state index in [1.165, 1.54) is 51.4 Å². The molecule has 12 heavy (non-hydrogen) atoms. The van der Waals surface area contributed by atoms with Crippen molar-refractivity contribution in [1.82, 2.24) is 0 Å². The average Bonchev–Trinajstić information content (AvgIpc) is 2.03. The summed E-state index contributed by atoms with van der Waals surface area (Å²) >= 11 is 4.18. The highest BCUT2D eigenvalue weighted by atomic mass is 35.5. The van der Waals surface area contributed by atoms with Crippen LogP contribution >= 0.6 is 12.6 Å². The number of unbranched alkanes of at least 4 members (excludes halogenated alkanes) is 7. The van der Waals surface area contributed by atoms with Crippen molar-refractivity contribution in [2.45, 2.75) is 58.3 Å². The van der Waals surface area contributed by atoms with Crippen LogP contribution in [0, 0.1) is 0 Å². The molecule has 0 spiro atoms. The van der Waals surface area contributed by atoms with Gasteiger partial charge in [-0.15, -0.1) is 0 Å². The first-order valence-corrected chi connectivity index (χ1v) is 5.66. The molecule has 0 aliphatic heterocycles. The first-order valence-electron chi connectivity index (χ1n) is 5.02. The van der Waals surface area contributed by atoms with Crippen LogP contribution in [0.2, 0.25) is 0 Å². The van der Waals surface area contributed by atoms with Crippen molar-refractivity contribution in [3.8, 4) is 0 Å². The lowest BCUT2D eigenvalue weighted by molar-refractivity contribution is -0.00000241. The quantitative estimate of drug-likeness (QED) is 0.449. The second-order valence-corrected chi connectivity index (χ2v) is 3.65. The third kappa shape index (κ3) is 13.2. The van der Waals surface area contributed by atoms with Crippen LogP contribution in [0.15, 0.2) is 0 Å². The Kier molecular flexibility index (Phi) is 17.9. The van der Waals surface area contributed by atoms with Gasteiger partial charge in [0.25, 0.3) is 0 Å². The van der Waals surface area contributed by atoms with E-state index in [1.54, 1.807) is 0 Å². The zero-order valence-corrected chi connectivity index (χ0v) is 9.84. The Morgan fingerprint density at radius 2 is 1.17 bits per heavy atom. The Morgan fingerprint density at radius 1 is 0.750 bits per heavy atom. The summed E-state index contributed by atoms with van der Waals surface area (Å²) in [5, 5.41) is 0. The van der Waals surface area contributed by atoms with Gasteiger partial charge in [0.15, 0.2) is 0 Å². The first kappa shape index (κ1) is 15.1. The van der Waals surface area contributed by atoms with Gasteiger partial charge in [-0.25, -0.2) is 0 Å². The minimum atomic E-state index is 0. The minimum absolute atomic E-state index is 0. The van der Waals surface area contributed by atoms with Gasteiger partial charge in [-0.3, -0.25) is 0 Å². The molecule has 0 saturated carbocycles. The molecule has 0 N–H and O–H groups in total. The SMILES string of the molecule is CCCCCCCCCCS.[Cl-]. The molecule has 0 aromatic carbocycles. The van der Waals surface area contributed by atoms with Gasteiger partial charge in [0.05, 0.1) is 0 Å². The van der Waals surface area contributed by atoms with E-state index in [0.717, 1.165) is 5.75 Å². The van der Waals surface area contributed by atoms with Crippen LogP contribution in [-0.2, 0) is 0 Å². The van der Waals surface area contributed by atoms with Crippen LogP contribution in [0.25, 0.3) is 0 Å². The number of hydrogen-bond acceptors (Lipinski definition) is 1. The van der Waals surface area contributed by atoms with E-state index in [2.05, 4.69) is 19.6 Å². The number of thiol groups is 1. The van der Waals surface area contributed by atoms with E-state index in [-0.39, 0.29) is 12.4 Å². The molecule has 0 radical (unpaired) electrons. The third-order valence-corrected chi connectivity index (χ3v) is 2.33. The molecule has 0 amide bonds. The second-order valence-electron chi connectivity index (χ2n) is 3.20. The molecular weight excluding hydrogens is 188 g/mol. The van der Waals surface area contributed by atoms with Crippen LogP contribution in [-0.4, -0.2) is 5.75 Å². The summed E-state index contributed by atoms with van der Waals surface area (Å²) in [5.74, 6) is 1.06. The van der Waals surface area contributed by atoms with Crippen molar-refractivity contribution in [3.05, 3.63) is 0 Å². The van der Waals surface area contributed by atoms with Crippen LogP contribution in [0.3, 0.4) is 0 Å². The molecule has 0 atom stereocenters. The number of hydrogen-bond donors (Lipinski definition) is 1. The lowest BCUT2D eigenvalue weighted by Gasteiger charge is -1.98. The molecular formula is C10H22ClS-. The van der Waals surface area contributed by atoms with E-state index in [0.29, 0.717) is 0 Å². The molecule has 0 fully saturated rings. The van der Waals surface area contributed by atoms with Gasteiger partial charge in [0.1, 0.15) is 0 Å². The van der Waals surface area contributed by atoms with Crippen molar-refractivity contribution in [2.75, 3.05) is 5.75 Å². The summed E-state index contributed by atoms with van der Waals surface area (Å²) in [6.07, 6.45) is 11.2. The van der Waals surface area contributed by atoms with Crippen LogP contribution in [0.5, 0.6) is 0 Å². The predicted octanol–water partition coefficient (Wildman–Crippen LogP) is 1.06. The summed E-state index contributed by atoms with van der Waals surface area (Å²) in [4.78, 5) is 0. The maximum absolute atomic E-state index is 4.18.